The van der Waals surface area contributed by atoms with Gasteiger partial charge < -0.3 is 10.2 Å². The van der Waals surface area contributed by atoms with Crippen LogP contribution in [-0.2, 0) is 0 Å². The summed E-state index contributed by atoms with van der Waals surface area (Å²) in [6.07, 6.45) is 7.46. The normalized spacial score (nSPS) is 26.2. The van der Waals surface area contributed by atoms with E-state index in [1.165, 1.54) is 18.2 Å². The maximum absolute atomic E-state index is 12.6. The number of Topliss-reactive ketones (excluding diaryl/α,β-unsaturated/α-hetero) is 1. The van der Waals surface area contributed by atoms with Gasteiger partial charge in [-0.2, -0.15) is 0 Å². The second-order valence-electron chi connectivity index (χ2n) is 4.82. The van der Waals surface area contributed by atoms with Crippen LogP contribution in [0.25, 0.3) is 0 Å². The quantitative estimate of drug-likeness (QED) is 0.786. The van der Waals surface area contributed by atoms with E-state index in [1.807, 2.05) is 38.2 Å². The SMILES string of the molecule is CC1C=CC=CC1(C)C(=O)c1c(O)cccc1O. The Morgan fingerprint density at radius 2 is 1.83 bits per heavy atom. The number of hydrogen-bond acceptors (Lipinski definition) is 3. The molecule has 0 saturated heterocycles. The molecule has 18 heavy (non-hydrogen) atoms. The third-order valence-electron chi connectivity index (χ3n) is 3.64. The van der Waals surface area contributed by atoms with Gasteiger partial charge in [-0.3, -0.25) is 4.79 Å². The molecule has 0 spiro atoms. The van der Waals surface area contributed by atoms with E-state index >= 15 is 0 Å². The Labute approximate surface area is 106 Å². The van der Waals surface area contributed by atoms with E-state index in [4.69, 9.17) is 0 Å². The molecule has 1 aromatic rings. The lowest BCUT2D eigenvalue weighted by atomic mass is 9.70. The van der Waals surface area contributed by atoms with Crippen molar-refractivity contribution in [3.05, 3.63) is 48.1 Å². The van der Waals surface area contributed by atoms with E-state index in [-0.39, 0.29) is 28.8 Å². The second-order valence-corrected chi connectivity index (χ2v) is 4.82. The first-order valence-corrected chi connectivity index (χ1v) is 5.88. The molecule has 1 aliphatic rings. The average molecular weight is 244 g/mol. The first-order chi connectivity index (χ1) is 8.47. The summed E-state index contributed by atoms with van der Waals surface area (Å²) in [5.41, 5.74) is -0.753. The van der Waals surface area contributed by atoms with Crippen LogP contribution in [0.3, 0.4) is 0 Å². The average Bonchev–Trinajstić information content (AvgIpc) is 2.32. The van der Waals surface area contributed by atoms with Crippen molar-refractivity contribution in [2.24, 2.45) is 11.3 Å². The first-order valence-electron chi connectivity index (χ1n) is 5.88. The topological polar surface area (TPSA) is 57.5 Å². The highest BCUT2D eigenvalue weighted by molar-refractivity contribution is 6.06. The van der Waals surface area contributed by atoms with Gasteiger partial charge in [0.2, 0.25) is 0 Å². The lowest BCUT2D eigenvalue weighted by Crippen LogP contribution is -2.33. The van der Waals surface area contributed by atoms with Crippen molar-refractivity contribution in [2.45, 2.75) is 13.8 Å². The second kappa shape index (κ2) is 4.33. The zero-order valence-electron chi connectivity index (χ0n) is 10.4. The van der Waals surface area contributed by atoms with Gasteiger partial charge in [-0.25, -0.2) is 0 Å². The summed E-state index contributed by atoms with van der Waals surface area (Å²) in [4.78, 5) is 12.6. The fraction of sp³-hybridized carbons (Fsp3) is 0.267. The minimum Gasteiger partial charge on any atom is -0.507 e. The van der Waals surface area contributed by atoms with E-state index in [0.717, 1.165) is 0 Å². The Hall–Kier alpha value is -2.03. The number of aromatic hydroxyl groups is 2. The fourth-order valence-electron chi connectivity index (χ4n) is 2.15. The van der Waals surface area contributed by atoms with Gasteiger partial charge in [0.25, 0.3) is 0 Å². The van der Waals surface area contributed by atoms with Crippen LogP contribution in [0, 0.1) is 11.3 Å². The third kappa shape index (κ3) is 1.82. The summed E-state index contributed by atoms with van der Waals surface area (Å²) < 4.78 is 0. The number of carbonyl (C=O) groups excluding carboxylic acids is 1. The van der Waals surface area contributed by atoms with Crippen molar-refractivity contribution in [3.63, 3.8) is 0 Å². The molecule has 0 radical (unpaired) electrons. The lowest BCUT2D eigenvalue weighted by Gasteiger charge is -2.31. The fourth-order valence-corrected chi connectivity index (χ4v) is 2.15. The zero-order chi connectivity index (χ0) is 13.3. The number of phenols is 2. The van der Waals surface area contributed by atoms with Crippen LogP contribution in [0.1, 0.15) is 24.2 Å². The Kier molecular flexibility index (Phi) is 2.99. The van der Waals surface area contributed by atoms with Crippen LogP contribution in [-0.4, -0.2) is 16.0 Å². The van der Waals surface area contributed by atoms with Gasteiger partial charge in [-0.15, -0.1) is 0 Å². The molecule has 1 aliphatic carbocycles. The molecule has 1 aromatic carbocycles. The number of carbonyl (C=O) groups is 1. The Morgan fingerprint density at radius 1 is 1.22 bits per heavy atom. The first kappa shape index (κ1) is 12.4. The number of allylic oxidation sites excluding steroid dienone is 4. The van der Waals surface area contributed by atoms with E-state index in [2.05, 4.69) is 0 Å². The monoisotopic (exact) mass is 244 g/mol. The molecule has 2 N–H and O–H groups in total. The predicted molar refractivity (Wildman–Crippen MR) is 69.7 cm³/mol. The molecule has 0 bridgehead atoms. The van der Waals surface area contributed by atoms with Crippen molar-refractivity contribution in [2.75, 3.05) is 0 Å². The van der Waals surface area contributed by atoms with Gasteiger partial charge in [0.05, 0.1) is 5.41 Å². The number of phenolic OH excluding ortho intramolecular Hbond substituents is 2. The predicted octanol–water partition coefficient (Wildman–Crippen LogP) is 3.05. The summed E-state index contributed by atoms with van der Waals surface area (Å²) in [6.45, 7) is 3.75. The summed E-state index contributed by atoms with van der Waals surface area (Å²) in [6, 6.07) is 4.32. The lowest BCUT2D eigenvalue weighted by molar-refractivity contribution is 0.0823. The zero-order valence-corrected chi connectivity index (χ0v) is 10.4. The molecule has 0 amide bonds. The highest BCUT2D eigenvalue weighted by atomic mass is 16.3. The molecule has 0 aliphatic heterocycles. The molecular formula is C15H16O3. The molecule has 2 rings (SSSR count). The van der Waals surface area contributed by atoms with Crippen LogP contribution in [0.5, 0.6) is 11.5 Å². The molecule has 3 nitrogen and oxygen atoms in total. The van der Waals surface area contributed by atoms with Crippen molar-refractivity contribution >= 4 is 5.78 Å². The minimum absolute atomic E-state index is 0.00759. The molecule has 0 heterocycles. The number of ketones is 1. The van der Waals surface area contributed by atoms with Crippen LogP contribution in [0.4, 0.5) is 0 Å². The van der Waals surface area contributed by atoms with Crippen LogP contribution >= 0.6 is 0 Å². The largest absolute Gasteiger partial charge is 0.507 e. The van der Waals surface area contributed by atoms with Crippen LogP contribution in [0.2, 0.25) is 0 Å². The maximum Gasteiger partial charge on any atom is 0.180 e. The molecule has 0 aromatic heterocycles. The van der Waals surface area contributed by atoms with Crippen molar-refractivity contribution in [1.29, 1.82) is 0 Å². The number of rotatable bonds is 2. The number of hydrogen-bond donors (Lipinski definition) is 2. The Balaban J connectivity index is 2.49. The molecule has 0 fully saturated rings. The smallest absolute Gasteiger partial charge is 0.180 e. The standard InChI is InChI=1S/C15H16O3/c1-10-6-3-4-9-15(10,2)14(18)13-11(16)7-5-8-12(13)17/h3-10,16-17H,1-2H3. The molecular weight excluding hydrogens is 228 g/mol. The summed E-state index contributed by atoms with van der Waals surface area (Å²) >= 11 is 0. The summed E-state index contributed by atoms with van der Waals surface area (Å²) in [5, 5.41) is 19.5. The third-order valence-corrected chi connectivity index (χ3v) is 3.64. The summed E-state index contributed by atoms with van der Waals surface area (Å²) in [5.74, 6) is -0.632. The highest BCUT2D eigenvalue weighted by Crippen LogP contribution is 2.40. The minimum atomic E-state index is -0.745. The maximum atomic E-state index is 12.6. The van der Waals surface area contributed by atoms with Crippen LogP contribution in [0.15, 0.2) is 42.5 Å². The van der Waals surface area contributed by atoms with Crippen LogP contribution < -0.4 is 0 Å². The van der Waals surface area contributed by atoms with E-state index in [1.54, 1.807) is 0 Å². The molecule has 94 valence electrons. The number of benzene rings is 1. The van der Waals surface area contributed by atoms with Gasteiger partial charge in [0.15, 0.2) is 5.78 Å². The molecule has 3 heteroatoms. The van der Waals surface area contributed by atoms with Gasteiger partial charge in [-0.1, -0.05) is 37.3 Å². The van der Waals surface area contributed by atoms with Gasteiger partial charge >= 0.3 is 0 Å². The van der Waals surface area contributed by atoms with E-state index in [9.17, 15) is 15.0 Å². The molecule has 2 atom stereocenters. The Bertz CT molecular complexity index is 522. The molecule has 0 saturated carbocycles. The van der Waals surface area contributed by atoms with Gasteiger partial charge in [0.1, 0.15) is 17.1 Å². The van der Waals surface area contributed by atoms with Crippen molar-refractivity contribution in [3.8, 4) is 11.5 Å². The molecule has 2 unspecified atom stereocenters. The van der Waals surface area contributed by atoms with Crippen molar-refractivity contribution < 1.29 is 15.0 Å². The highest BCUT2D eigenvalue weighted by Gasteiger charge is 2.39. The van der Waals surface area contributed by atoms with Gasteiger partial charge in [-0.05, 0) is 25.0 Å². The Morgan fingerprint density at radius 3 is 2.39 bits per heavy atom. The van der Waals surface area contributed by atoms with Crippen molar-refractivity contribution in [1.82, 2.24) is 0 Å². The van der Waals surface area contributed by atoms with E-state index < -0.39 is 5.41 Å². The van der Waals surface area contributed by atoms with E-state index in [0.29, 0.717) is 0 Å². The summed E-state index contributed by atoms with van der Waals surface area (Å²) in [7, 11) is 0. The van der Waals surface area contributed by atoms with Gasteiger partial charge in [0, 0.05) is 0 Å².